The summed E-state index contributed by atoms with van der Waals surface area (Å²) in [7, 11) is 0. The summed E-state index contributed by atoms with van der Waals surface area (Å²) in [5, 5.41) is 12.3. The number of hydrogen-bond acceptors (Lipinski definition) is 4. The molecule has 1 fully saturated rings. The molecule has 1 aliphatic carbocycles. The zero-order chi connectivity index (χ0) is 33.8. The van der Waals surface area contributed by atoms with Gasteiger partial charge in [-0.25, -0.2) is 8.78 Å². The van der Waals surface area contributed by atoms with Crippen LogP contribution in [0.1, 0.15) is 76.2 Å². The molecule has 1 aromatic heterocycles. The number of fused-ring (bicyclic) bond motifs is 6. The van der Waals surface area contributed by atoms with Gasteiger partial charge in [-0.05, 0) is 91.3 Å². The van der Waals surface area contributed by atoms with E-state index in [9.17, 15) is 32.7 Å². The van der Waals surface area contributed by atoms with Gasteiger partial charge in [0.25, 0.3) is 5.56 Å². The Hall–Kier alpha value is -5.00. The third kappa shape index (κ3) is 6.11. The largest absolute Gasteiger partial charge is 0.488 e. The molecule has 4 aromatic rings. The number of carboxylic acids is 1. The maximum Gasteiger partial charge on any atom is 0.416 e. The molecule has 244 valence electrons. The predicted molar refractivity (Wildman–Crippen MR) is 161 cm³/mol. The molecule has 0 spiro atoms. The molecule has 2 atom stereocenters. The molecule has 1 aliphatic heterocycles. The van der Waals surface area contributed by atoms with Gasteiger partial charge in [-0.1, -0.05) is 18.2 Å². The number of alkyl halides is 3. The zero-order valence-corrected chi connectivity index (χ0v) is 25.3. The fraction of sp³-hybridized carbons (Fsp3) is 0.286. The van der Waals surface area contributed by atoms with E-state index >= 15 is 8.78 Å². The van der Waals surface area contributed by atoms with Gasteiger partial charge in [0.2, 0.25) is 5.91 Å². The molecule has 3 aromatic carbocycles. The Morgan fingerprint density at radius 2 is 1.74 bits per heavy atom. The van der Waals surface area contributed by atoms with E-state index < -0.39 is 70.8 Å². The maximum absolute atomic E-state index is 15.8. The second kappa shape index (κ2) is 12.0. The molecule has 4 bridgehead atoms. The third-order valence-corrected chi connectivity index (χ3v) is 8.60. The van der Waals surface area contributed by atoms with Crippen molar-refractivity contribution in [2.45, 2.75) is 63.9 Å². The topological polar surface area (TPSA) is 97.6 Å². The number of aromatic nitrogens is 1. The average molecular weight is 653 g/mol. The Kier molecular flexibility index (Phi) is 8.15. The van der Waals surface area contributed by atoms with Crippen molar-refractivity contribution >= 4 is 11.9 Å². The van der Waals surface area contributed by atoms with Crippen LogP contribution in [-0.4, -0.2) is 21.6 Å². The van der Waals surface area contributed by atoms with Crippen molar-refractivity contribution in [3.05, 3.63) is 122 Å². The number of halogens is 5. The summed E-state index contributed by atoms with van der Waals surface area (Å²) in [5.74, 6) is -4.56. The van der Waals surface area contributed by atoms with Crippen LogP contribution >= 0.6 is 0 Å². The van der Waals surface area contributed by atoms with Crippen LogP contribution in [0, 0.1) is 25.5 Å². The summed E-state index contributed by atoms with van der Waals surface area (Å²) in [6.45, 7) is 3.18. The molecule has 2 N–H and O–H groups in total. The summed E-state index contributed by atoms with van der Waals surface area (Å²) in [4.78, 5) is 40.0. The van der Waals surface area contributed by atoms with Crippen molar-refractivity contribution in [3.63, 3.8) is 0 Å². The van der Waals surface area contributed by atoms with Crippen LogP contribution in [0.5, 0.6) is 5.75 Å². The first-order chi connectivity index (χ1) is 22.2. The van der Waals surface area contributed by atoms with Crippen LogP contribution in [0.2, 0.25) is 0 Å². The SMILES string of the molecule is Cc1cc2cc(c1F)[C@@H](CC(=O)O)NC(=O)[C@H](n1ccc(C(F)(F)F)c(C3CC3)c1=O)c1cc(ccc1F)COc1cccc(C)c1-2. The van der Waals surface area contributed by atoms with Gasteiger partial charge in [-0.2, -0.15) is 13.2 Å². The van der Waals surface area contributed by atoms with Crippen molar-refractivity contribution in [3.8, 4) is 16.9 Å². The molecule has 0 unspecified atom stereocenters. The summed E-state index contributed by atoms with van der Waals surface area (Å²) in [5.41, 5.74) is -0.995. The van der Waals surface area contributed by atoms with Gasteiger partial charge in [0.05, 0.1) is 18.0 Å². The minimum Gasteiger partial charge on any atom is -0.488 e. The lowest BCUT2D eigenvalue weighted by Crippen LogP contribution is -2.41. The molecule has 1 amide bonds. The molecule has 47 heavy (non-hydrogen) atoms. The number of aryl methyl sites for hydroxylation is 2. The number of rotatable bonds is 4. The van der Waals surface area contributed by atoms with Gasteiger partial charge in [0, 0.05) is 28.5 Å². The number of nitrogens with zero attached hydrogens (tertiary/aromatic N) is 1. The number of hydrogen-bond donors (Lipinski definition) is 2. The Balaban J connectivity index is 1.61. The number of carbonyl (C=O) groups is 2. The van der Waals surface area contributed by atoms with E-state index in [0.29, 0.717) is 41.3 Å². The summed E-state index contributed by atoms with van der Waals surface area (Å²) >= 11 is 0. The molecule has 12 heteroatoms. The first-order valence-corrected chi connectivity index (χ1v) is 14.9. The van der Waals surface area contributed by atoms with E-state index in [1.165, 1.54) is 25.1 Å². The van der Waals surface area contributed by atoms with Crippen LogP contribution in [0.4, 0.5) is 22.0 Å². The number of nitrogens with one attached hydrogen (secondary N) is 1. The normalized spacial score (nSPS) is 18.1. The molecule has 7 nitrogen and oxygen atoms in total. The number of ether oxygens (including phenoxy) is 1. The number of pyridine rings is 1. The van der Waals surface area contributed by atoms with E-state index in [0.717, 1.165) is 22.4 Å². The van der Waals surface area contributed by atoms with Gasteiger partial charge < -0.3 is 15.2 Å². The van der Waals surface area contributed by atoms with E-state index in [2.05, 4.69) is 5.32 Å². The highest BCUT2D eigenvalue weighted by Crippen LogP contribution is 2.44. The van der Waals surface area contributed by atoms with Crippen LogP contribution < -0.4 is 15.6 Å². The third-order valence-electron chi connectivity index (χ3n) is 8.60. The van der Waals surface area contributed by atoms with Gasteiger partial charge >= 0.3 is 12.1 Å². The lowest BCUT2D eigenvalue weighted by Gasteiger charge is -2.27. The second-order valence-electron chi connectivity index (χ2n) is 12.0. The van der Waals surface area contributed by atoms with Crippen molar-refractivity contribution in [2.75, 3.05) is 0 Å². The average Bonchev–Trinajstić information content (AvgIpc) is 3.83. The molecule has 1 saturated carbocycles. The minimum absolute atomic E-state index is 0.123. The van der Waals surface area contributed by atoms with Crippen molar-refractivity contribution in [2.24, 2.45) is 0 Å². The highest BCUT2D eigenvalue weighted by Gasteiger charge is 2.42. The molecule has 2 aliphatic rings. The first-order valence-electron chi connectivity index (χ1n) is 14.9. The Bertz CT molecular complexity index is 1980. The molecule has 2 heterocycles. The summed E-state index contributed by atoms with van der Waals surface area (Å²) in [6, 6.07) is 9.25. The van der Waals surface area contributed by atoms with Crippen LogP contribution in [0.15, 0.2) is 65.6 Å². The smallest absolute Gasteiger partial charge is 0.416 e. The Labute approximate surface area is 265 Å². The van der Waals surface area contributed by atoms with E-state index in [1.807, 2.05) is 13.0 Å². The quantitative estimate of drug-likeness (QED) is 0.229. The number of amides is 1. The maximum atomic E-state index is 15.8. The number of benzene rings is 3. The number of carbonyl (C=O) groups excluding carboxylic acids is 1. The van der Waals surface area contributed by atoms with Gasteiger partial charge in [0.1, 0.15) is 30.0 Å². The monoisotopic (exact) mass is 652 g/mol. The summed E-state index contributed by atoms with van der Waals surface area (Å²) in [6.07, 6.45) is -4.21. The van der Waals surface area contributed by atoms with E-state index in [1.54, 1.807) is 18.2 Å². The predicted octanol–water partition coefficient (Wildman–Crippen LogP) is 7.12. The summed E-state index contributed by atoms with van der Waals surface area (Å²) < 4.78 is 80.3. The molecule has 0 radical (unpaired) electrons. The lowest BCUT2D eigenvalue weighted by atomic mass is 9.91. The molecular formula is C35H29F5N2O5. The Morgan fingerprint density at radius 3 is 2.43 bits per heavy atom. The zero-order valence-electron chi connectivity index (χ0n) is 25.3. The lowest BCUT2D eigenvalue weighted by molar-refractivity contribution is -0.139. The molecule has 0 saturated heterocycles. The standard InChI is InChI=1S/C35H29F5N2O5/c1-17-4-3-5-27-29(17)21-12-18(2)31(37)23(14-21)26(15-28(43)44)41-33(45)32(22-13-19(16-47-27)6-9-25(22)36)42-11-10-24(35(38,39)40)30(34(42)46)20-7-8-20/h3-6,9-14,20,26,32H,7-8,15-16H2,1-2H3,(H,41,45)(H,43,44)/t26-,32-/m1/s1. The van der Waals surface area contributed by atoms with Gasteiger partial charge in [0.15, 0.2) is 0 Å². The minimum atomic E-state index is -4.86. The fourth-order valence-corrected chi connectivity index (χ4v) is 6.24. The fourth-order valence-electron chi connectivity index (χ4n) is 6.24. The van der Waals surface area contributed by atoms with Gasteiger partial charge in [-0.15, -0.1) is 0 Å². The van der Waals surface area contributed by atoms with Crippen LogP contribution in [-0.2, 0) is 22.4 Å². The van der Waals surface area contributed by atoms with Crippen molar-refractivity contribution in [1.82, 2.24) is 9.88 Å². The van der Waals surface area contributed by atoms with E-state index in [4.69, 9.17) is 4.74 Å². The number of aliphatic carboxylic acids is 1. The highest BCUT2D eigenvalue weighted by molar-refractivity contribution is 5.85. The van der Waals surface area contributed by atoms with Crippen molar-refractivity contribution < 1.29 is 41.4 Å². The Morgan fingerprint density at radius 1 is 1.00 bits per heavy atom. The first kappa shape index (κ1) is 32.0. The molecular weight excluding hydrogens is 623 g/mol. The highest BCUT2D eigenvalue weighted by atomic mass is 19.4. The van der Waals surface area contributed by atoms with E-state index in [-0.39, 0.29) is 23.3 Å². The molecule has 6 rings (SSSR count). The van der Waals surface area contributed by atoms with Crippen molar-refractivity contribution in [1.29, 1.82) is 0 Å². The second-order valence-corrected chi connectivity index (χ2v) is 12.0. The van der Waals surface area contributed by atoms with Gasteiger partial charge in [-0.3, -0.25) is 19.0 Å². The number of carboxylic acid groups (broad SMARTS) is 1. The van der Waals surface area contributed by atoms with Crippen LogP contribution in [0.25, 0.3) is 11.1 Å². The van der Waals surface area contributed by atoms with Crippen LogP contribution in [0.3, 0.4) is 0 Å².